The second-order valence-corrected chi connectivity index (χ2v) is 7.48. The van der Waals surface area contributed by atoms with Gasteiger partial charge in [0.05, 0.1) is 31.4 Å². The molecule has 1 unspecified atom stereocenters. The van der Waals surface area contributed by atoms with Crippen LogP contribution in [-0.4, -0.2) is 63.9 Å². The van der Waals surface area contributed by atoms with Crippen molar-refractivity contribution in [2.75, 3.05) is 32.8 Å². The van der Waals surface area contributed by atoms with Crippen LogP contribution >= 0.6 is 0 Å². The molecule has 30 heavy (non-hydrogen) atoms. The molecule has 0 radical (unpaired) electrons. The first-order chi connectivity index (χ1) is 14.7. The first-order valence-corrected chi connectivity index (χ1v) is 10.2. The lowest BCUT2D eigenvalue weighted by molar-refractivity contribution is -0.120. The molecule has 1 amide bonds. The Hall–Kier alpha value is -3.10. The Bertz CT molecular complexity index is 935. The van der Waals surface area contributed by atoms with Crippen LogP contribution in [0.25, 0.3) is 5.69 Å². The van der Waals surface area contributed by atoms with E-state index >= 15 is 0 Å². The Morgan fingerprint density at radius 1 is 1.10 bits per heavy atom. The van der Waals surface area contributed by atoms with Gasteiger partial charge in [0, 0.05) is 19.6 Å². The minimum Gasteiger partial charge on any atom is -0.379 e. The molecular formula is C22H26N6O2. The van der Waals surface area contributed by atoms with Gasteiger partial charge in [-0.1, -0.05) is 42.0 Å². The predicted octanol–water partition coefficient (Wildman–Crippen LogP) is 1.70. The number of hydrogen-bond donors (Lipinski definition) is 1. The van der Waals surface area contributed by atoms with Crippen LogP contribution in [0.3, 0.4) is 0 Å². The lowest BCUT2D eigenvalue weighted by Crippen LogP contribution is -2.44. The van der Waals surface area contributed by atoms with Crippen LogP contribution in [-0.2, 0) is 16.0 Å². The van der Waals surface area contributed by atoms with E-state index < -0.39 is 0 Å². The van der Waals surface area contributed by atoms with E-state index in [-0.39, 0.29) is 11.9 Å². The van der Waals surface area contributed by atoms with Crippen molar-refractivity contribution in [2.45, 2.75) is 19.4 Å². The number of amides is 1. The molecule has 2 heterocycles. The number of morpholine rings is 1. The molecule has 0 aliphatic carbocycles. The SMILES string of the molecule is Cc1ccc(C(CNC(=O)Cc2ccc(-n3cnnn3)cc2)N2CCOCC2)cc1. The van der Waals surface area contributed by atoms with E-state index in [1.54, 1.807) is 11.0 Å². The molecule has 156 valence electrons. The number of carbonyl (C=O) groups is 1. The van der Waals surface area contributed by atoms with E-state index in [1.807, 2.05) is 24.3 Å². The molecule has 1 atom stereocenters. The molecule has 0 bridgehead atoms. The molecule has 0 saturated carbocycles. The van der Waals surface area contributed by atoms with Gasteiger partial charge < -0.3 is 10.1 Å². The number of aromatic nitrogens is 4. The van der Waals surface area contributed by atoms with Crippen molar-refractivity contribution in [1.82, 2.24) is 30.4 Å². The van der Waals surface area contributed by atoms with Crippen LogP contribution in [0.15, 0.2) is 54.9 Å². The van der Waals surface area contributed by atoms with Crippen molar-refractivity contribution in [2.24, 2.45) is 0 Å². The van der Waals surface area contributed by atoms with E-state index in [0.29, 0.717) is 13.0 Å². The van der Waals surface area contributed by atoms with Crippen LogP contribution in [0.2, 0.25) is 0 Å². The van der Waals surface area contributed by atoms with Crippen LogP contribution in [0.4, 0.5) is 0 Å². The number of carbonyl (C=O) groups excluding carboxylic acids is 1. The van der Waals surface area contributed by atoms with Crippen molar-refractivity contribution in [1.29, 1.82) is 0 Å². The minimum absolute atomic E-state index is 0.00976. The molecule has 8 heteroatoms. The van der Waals surface area contributed by atoms with Crippen molar-refractivity contribution < 1.29 is 9.53 Å². The summed E-state index contributed by atoms with van der Waals surface area (Å²) in [5.41, 5.74) is 4.25. The average Bonchev–Trinajstić information content (AvgIpc) is 3.31. The first kappa shape index (κ1) is 20.2. The summed E-state index contributed by atoms with van der Waals surface area (Å²) in [6, 6.07) is 16.3. The molecule has 1 aromatic heterocycles. The van der Waals surface area contributed by atoms with Gasteiger partial charge in [-0.3, -0.25) is 9.69 Å². The molecule has 3 aromatic rings. The highest BCUT2D eigenvalue weighted by Crippen LogP contribution is 2.22. The summed E-state index contributed by atoms with van der Waals surface area (Å²) in [5, 5.41) is 14.3. The number of tetrazole rings is 1. The third kappa shape index (κ3) is 5.08. The molecule has 1 aliphatic rings. The highest BCUT2D eigenvalue weighted by atomic mass is 16.5. The van der Waals surface area contributed by atoms with Gasteiger partial charge in [-0.2, -0.15) is 0 Å². The highest BCUT2D eigenvalue weighted by Gasteiger charge is 2.23. The van der Waals surface area contributed by atoms with Crippen molar-refractivity contribution in [3.05, 3.63) is 71.5 Å². The van der Waals surface area contributed by atoms with Crippen LogP contribution in [0.1, 0.15) is 22.7 Å². The van der Waals surface area contributed by atoms with Crippen LogP contribution < -0.4 is 5.32 Å². The number of ether oxygens (including phenoxy) is 1. The molecule has 4 rings (SSSR count). The van der Waals surface area contributed by atoms with Crippen molar-refractivity contribution in [3.8, 4) is 5.69 Å². The smallest absolute Gasteiger partial charge is 0.224 e. The lowest BCUT2D eigenvalue weighted by atomic mass is 10.0. The molecule has 2 aromatic carbocycles. The molecule has 1 fully saturated rings. The summed E-state index contributed by atoms with van der Waals surface area (Å²) in [7, 11) is 0. The zero-order valence-corrected chi connectivity index (χ0v) is 17.1. The first-order valence-electron chi connectivity index (χ1n) is 10.2. The average molecular weight is 406 g/mol. The van der Waals surface area contributed by atoms with E-state index in [2.05, 4.69) is 56.9 Å². The largest absolute Gasteiger partial charge is 0.379 e. The summed E-state index contributed by atoms with van der Waals surface area (Å²) in [6.45, 7) is 5.85. The Morgan fingerprint density at radius 3 is 2.50 bits per heavy atom. The Labute approximate surface area is 175 Å². The third-order valence-electron chi connectivity index (χ3n) is 5.36. The van der Waals surface area contributed by atoms with E-state index in [4.69, 9.17) is 4.74 Å². The summed E-state index contributed by atoms with van der Waals surface area (Å²) < 4.78 is 7.08. The molecule has 8 nitrogen and oxygen atoms in total. The fourth-order valence-corrected chi connectivity index (χ4v) is 3.64. The number of benzene rings is 2. The van der Waals surface area contributed by atoms with Crippen molar-refractivity contribution >= 4 is 5.91 Å². The quantitative estimate of drug-likeness (QED) is 0.643. The summed E-state index contributed by atoms with van der Waals surface area (Å²) in [5.74, 6) is 0.00976. The van der Waals surface area contributed by atoms with Gasteiger partial charge in [-0.25, -0.2) is 4.68 Å². The highest BCUT2D eigenvalue weighted by molar-refractivity contribution is 5.78. The van der Waals surface area contributed by atoms with Crippen molar-refractivity contribution in [3.63, 3.8) is 0 Å². The Morgan fingerprint density at radius 2 is 1.83 bits per heavy atom. The summed E-state index contributed by atoms with van der Waals surface area (Å²) in [4.78, 5) is 15.0. The fourth-order valence-electron chi connectivity index (χ4n) is 3.64. The molecule has 1 aliphatic heterocycles. The molecular weight excluding hydrogens is 380 g/mol. The van der Waals surface area contributed by atoms with Gasteiger partial charge in [-0.15, -0.1) is 5.10 Å². The van der Waals surface area contributed by atoms with E-state index in [1.165, 1.54) is 11.1 Å². The van der Waals surface area contributed by atoms with Gasteiger partial charge in [0.25, 0.3) is 0 Å². The van der Waals surface area contributed by atoms with E-state index in [0.717, 1.165) is 37.6 Å². The van der Waals surface area contributed by atoms with Gasteiger partial charge in [-0.05, 0) is 40.6 Å². The Kier molecular flexibility index (Phi) is 6.46. The second kappa shape index (κ2) is 9.60. The summed E-state index contributed by atoms with van der Waals surface area (Å²) in [6.07, 6.45) is 1.87. The van der Waals surface area contributed by atoms with Gasteiger partial charge in [0.15, 0.2) is 0 Å². The lowest BCUT2D eigenvalue weighted by Gasteiger charge is -2.35. The number of aryl methyl sites for hydroxylation is 1. The molecule has 1 N–H and O–H groups in total. The third-order valence-corrected chi connectivity index (χ3v) is 5.36. The zero-order valence-electron chi connectivity index (χ0n) is 17.1. The minimum atomic E-state index is 0.00976. The van der Waals surface area contributed by atoms with Gasteiger partial charge in [0.2, 0.25) is 5.91 Å². The fraction of sp³-hybridized carbons (Fsp3) is 0.364. The second-order valence-electron chi connectivity index (χ2n) is 7.48. The van der Waals surface area contributed by atoms with E-state index in [9.17, 15) is 4.79 Å². The number of nitrogens with one attached hydrogen (secondary N) is 1. The number of nitrogens with zero attached hydrogens (tertiary/aromatic N) is 5. The maximum absolute atomic E-state index is 12.6. The monoisotopic (exact) mass is 406 g/mol. The van der Waals surface area contributed by atoms with Gasteiger partial charge >= 0.3 is 0 Å². The predicted molar refractivity (Wildman–Crippen MR) is 112 cm³/mol. The number of rotatable bonds is 7. The standard InChI is InChI=1S/C22H26N6O2/c1-17-2-6-19(7-3-17)21(27-10-12-30-13-11-27)15-23-22(29)14-18-4-8-20(9-5-18)28-16-24-25-26-28/h2-9,16,21H,10-15H2,1H3,(H,23,29). The molecule has 0 spiro atoms. The normalized spacial score (nSPS) is 15.6. The molecule has 1 saturated heterocycles. The maximum Gasteiger partial charge on any atom is 0.224 e. The Balaban J connectivity index is 1.37. The zero-order chi connectivity index (χ0) is 20.8. The van der Waals surface area contributed by atoms with Gasteiger partial charge in [0.1, 0.15) is 6.33 Å². The topological polar surface area (TPSA) is 85.2 Å². The maximum atomic E-state index is 12.6. The summed E-state index contributed by atoms with van der Waals surface area (Å²) >= 11 is 0. The number of hydrogen-bond acceptors (Lipinski definition) is 6. The van der Waals surface area contributed by atoms with Crippen LogP contribution in [0, 0.1) is 6.92 Å². The van der Waals surface area contributed by atoms with Crippen LogP contribution in [0.5, 0.6) is 0 Å².